The number of nitrogens with zero attached hydrogens (tertiary/aromatic N) is 1. The van der Waals surface area contributed by atoms with E-state index < -0.39 is 0 Å². The maximum absolute atomic E-state index is 6.46. The van der Waals surface area contributed by atoms with Gasteiger partial charge in [0, 0.05) is 22.1 Å². The van der Waals surface area contributed by atoms with E-state index in [1.54, 1.807) is 0 Å². The summed E-state index contributed by atoms with van der Waals surface area (Å²) in [6, 6.07) is 40.9. The molecule has 0 aliphatic heterocycles. The predicted molar refractivity (Wildman–Crippen MR) is 151 cm³/mol. The summed E-state index contributed by atoms with van der Waals surface area (Å²) >= 11 is 0. The second-order valence-corrected chi connectivity index (χ2v) is 9.32. The first kappa shape index (κ1) is 20.8. The molecule has 2 heteroatoms. The van der Waals surface area contributed by atoms with Crippen molar-refractivity contribution in [2.24, 2.45) is 0 Å². The highest BCUT2D eigenvalue weighted by Gasteiger charge is 2.20. The highest BCUT2D eigenvalue weighted by Crippen LogP contribution is 2.43. The molecule has 0 unspecified atom stereocenters. The lowest BCUT2D eigenvalue weighted by atomic mass is 9.96. The van der Waals surface area contributed by atoms with E-state index in [2.05, 4.69) is 120 Å². The summed E-state index contributed by atoms with van der Waals surface area (Å²) in [5.74, 6) is 0. The summed E-state index contributed by atoms with van der Waals surface area (Å²) in [6.45, 7) is 0. The van der Waals surface area contributed by atoms with Crippen LogP contribution in [0.4, 0.5) is 17.1 Å². The van der Waals surface area contributed by atoms with Crippen molar-refractivity contribution < 1.29 is 4.42 Å². The quantitative estimate of drug-likeness (QED) is 0.259. The molecule has 0 saturated carbocycles. The van der Waals surface area contributed by atoms with Crippen molar-refractivity contribution in [2.75, 3.05) is 4.90 Å². The molecule has 0 radical (unpaired) electrons. The Balaban J connectivity index is 1.43. The van der Waals surface area contributed by atoms with Crippen LogP contribution in [0.2, 0.25) is 0 Å². The average Bonchev–Trinajstić information content (AvgIpc) is 3.34. The molecule has 1 aromatic heterocycles. The van der Waals surface area contributed by atoms with Crippen molar-refractivity contribution in [1.82, 2.24) is 0 Å². The highest BCUT2D eigenvalue weighted by molar-refractivity contribution is 6.10. The first-order valence-corrected chi connectivity index (χ1v) is 12.5. The minimum atomic E-state index is 0.906. The van der Waals surface area contributed by atoms with Gasteiger partial charge in [-0.05, 0) is 71.5 Å². The average molecular weight is 464 g/mol. The van der Waals surface area contributed by atoms with Gasteiger partial charge >= 0.3 is 0 Å². The second-order valence-electron chi connectivity index (χ2n) is 9.32. The van der Waals surface area contributed by atoms with E-state index in [4.69, 9.17) is 4.42 Å². The van der Waals surface area contributed by atoms with Crippen LogP contribution in [0.15, 0.2) is 126 Å². The molecule has 0 amide bonds. The van der Waals surface area contributed by atoms with Crippen molar-refractivity contribution in [3.05, 3.63) is 132 Å². The van der Waals surface area contributed by atoms with Crippen molar-refractivity contribution in [3.8, 4) is 11.1 Å². The van der Waals surface area contributed by atoms with Gasteiger partial charge in [-0.15, -0.1) is 0 Å². The van der Waals surface area contributed by atoms with E-state index in [-0.39, 0.29) is 0 Å². The highest BCUT2D eigenvalue weighted by atomic mass is 16.3. The van der Waals surface area contributed by atoms with Crippen LogP contribution < -0.4 is 4.90 Å². The van der Waals surface area contributed by atoms with E-state index in [9.17, 15) is 0 Å². The van der Waals surface area contributed by atoms with Crippen molar-refractivity contribution in [2.45, 2.75) is 12.8 Å². The number of furan rings is 1. The molecular weight excluding hydrogens is 438 g/mol. The van der Waals surface area contributed by atoms with E-state index in [0.717, 1.165) is 51.8 Å². The number of anilines is 3. The van der Waals surface area contributed by atoms with E-state index in [1.165, 1.54) is 22.3 Å². The fraction of sp³-hybridized carbons (Fsp3) is 0.0588. The number of allylic oxidation sites excluding steroid dienone is 1. The molecule has 0 fully saturated rings. The molecule has 0 saturated heterocycles. The molecular formula is C34H25NO. The lowest BCUT2D eigenvalue weighted by Crippen LogP contribution is -2.11. The topological polar surface area (TPSA) is 16.4 Å². The van der Waals surface area contributed by atoms with Crippen molar-refractivity contribution >= 4 is 45.1 Å². The Labute approximate surface area is 210 Å². The Bertz CT molecular complexity index is 1730. The summed E-state index contributed by atoms with van der Waals surface area (Å²) in [4.78, 5) is 2.33. The number of aryl methyl sites for hydroxylation is 1. The monoisotopic (exact) mass is 463 g/mol. The molecule has 1 aliphatic carbocycles. The Morgan fingerprint density at radius 3 is 2.25 bits per heavy atom. The van der Waals surface area contributed by atoms with Gasteiger partial charge in [-0.25, -0.2) is 0 Å². The fourth-order valence-corrected chi connectivity index (χ4v) is 5.33. The maximum Gasteiger partial charge on any atom is 0.159 e. The van der Waals surface area contributed by atoms with Crippen LogP contribution >= 0.6 is 0 Å². The lowest BCUT2D eigenvalue weighted by molar-refractivity contribution is 0.669. The first-order valence-electron chi connectivity index (χ1n) is 12.5. The molecule has 6 aromatic rings. The number of fused-ring (bicyclic) bond motifs is 4. The number of hydrogen-bond donors (Lipinski definition) is 0. The molecule has 0 N–H and O–H groups in total. The van der Waals surface area contributed by atoms with Crippen LogP contribution in [0.5, 0.6) is 0 Å². The maximum atomic E-state index is 6.46. The van der Waals surface area contributed by atoms with Crippen LogP contribution in [0, 0.1) is 0 Å². The van der Waals surface area contributed by atoms with Gasteiger partial charge in [0.15, 0.2) is 5.58 Å². The third-order valence-electron chi connectivity index (χ3n) is 7.12. The zero-order chi connectivity index (χ0) is 23.9. The predicted octanol–water partition coefficient (Wildman–Crippen LogP) is 9.68. The molecule has 0 atom stereocenters. The zero-order valence-corrected chi connectivity index (χ0v) is 19.9. The SMILES string of the molecule is C1=Cc2ccc(N(c3ccc(-c4ccccc4)cc3)c3cccc4c3oc3ccccc34)cc2CC1. The second kappa shape index (κ2) is 8.58. The minimum Gasteiger partial charge on any atom is -0.454 e. The van der Waals surface area contributed by atoms with E-state index >= 15 is 0 Å². The standard InChI is InChI=1S/C34H25NO/c1-2-9-24(10-3-1)26-17-20-28(21-18-26)35(29-22-19-25-11-4-5-12-27(25)23-29)32-15-8-14-31-30-13-6-7-16-33(30)36-34(31)32/h1-4,6-11,13-23H,5,12H2. The molecule has 2 nitrogen and oxygen atoms in total. The van der Waals surface area contributed by atoms with Crippen LogP contribution in [-0.4, -0.2) is 0 Å². The minimum absolute atomic E-state index is 0.906. The fourth-order valence-electron chi connectivity index (χ4n) is 5.33. The van der Waals surface area contributed by atoms with E-state index in [0.29, 0.717) is 0 Å². The Kier molecular flexibility index (Phi) is 4.96. The van der Waals surface area contributed by atoms with Gasteiger partial charge in [0.1, 0.15) is 5.58 Å². The number of benzene rings is 5. The Morgan fingerprint density at radius 2 is 1.36 bits per heavy atom. The molecule has 172 valence electrons. The Morgan fingerprint density at radius 1 is 0.611 bits per heavy atom. The number of hydrogen-bond acceptors (Lipinski definition) is 2. The van der Waals surface area contributed by atoms with Gasteiger partial charge in [-0.1, -0.05) is 91.0 Å². The van der Waals surface area contributed by atoms with Gasteiger partial charge < -0.3 is 9.32 Å². The summed E-state index contributed by atoms with van der Waals surface area (Å²) in [6.07, 6.45) is 6.65. The largest absolute Gasteiger partial charge is 0.454 e. The number of para-hydroxylation sites is 2. The summed E-state index contributed by atoms with van der Waals surface area (Å²) in [5.41, 5.74) is 10.2. The first-order chi connectivity index (χ1) is 17.8. The summed E-state index contributed by atoms with van der Waals surface area (Å²) < 4.78 is 6.46. The summed E-state index contributed by atoms with van der Waals surface area (Å²) in [5, 5.41) is 2.28. The van der Waals surface area contributed by atoms with Crippen LogP contribution in [0.25, 0.3) is 39.1 Å². The molecule has 1 heterocycles. The van der Waals surface area contributed by atoms with Crippen LogP contribution in [0.3, 0.4) is 0 Å². The number of rotatable bonds is 4. The normalized spacial score (nSPS) is 12.7. The molecule has 7 rings (SSSR count). The van der Waals surface area contributed by atoms with Gasteiger partial charge in [0.2, 0.25) is 0 Å². The molecule has 5 aromatic carbocycles. The van der Waals surface area contributed by atoms with E-state index in [1.807, 2.05) is 12.1 Å². The van der Waals surface area contributed by atoms with Gasteiger partial charge in [0.05, 0.1) is 5.69 Å². The molecule has 1 aliphatic rings. The molecule has 36 heavy (non-hydrogen) atoms. The lowest BCUT2D eigenvalue weighted by Gasteiger charge is -2.27. The van der Waals surface area contributed by atoms with Gasteiger partial charge in [-0.3, -0.25) is 0 Å². The van der Waals surface area contributed by atoms with Gasteiger partial charge in [-0.2, -0.15) is 0 Å². The third kappa shape index (κ3) is 3.50. The Hall–Kier alpha value is -4.56. The summed E-state index contributed by atoms with van der Waals surface area (Å²) in [7, 11) is 0. The van der Waals surface area contributed by atoms with Crippen LogP contribution in [0.1, 0.15) is 17.5 Å². The van der Waals surface area contributed by atoms with Crippen molar-refractivity contribution in [3.63, 3.8) is 0 Å². The van der Waals surface area contributed by atoms with Crippen molar-refractivity contribution in [1.29, 1.82) is 0 Å². The zero-order valence-electron chi connectivity index (χ0n) is 19.9. The van der Waals surface area contributed by atoms with Crippen LogP contribution in [-0.2, 0) is 6.42 Å². The smallest absolute Gasteiger partial charge is 0.159 e. The molecule has 0 bridgehead atoms. The third-order valence-corrected chi connectivity index (χ3v) is 7.12. The molecule has 0 spiro atoms. The van der Waals surface area contributed by atoms with Gasteiger partial charge in [0.25, 0.3) is 0 Å².